The minimum absolute atomic E-state index is 0.0571. The standard InChI is InChI=1S/C15H32NO2/c1-5-8-11-16(12-9-6-2,13-10-7-3)14-15(17)18-4/h5-14H2,1-4H3/q+1. The second-order valence-electron chi connectivity index (χ2n) is 5.31. The Hall–Kier alpha value is -0.570. The highest BCUT2D eigenvalue weighted by atomic mass is 16.5. The molecular weight excluding hydrogens is 226 g/mol. The number of hydrogen-bond donors (Lipinski definition) is 0. The Kier molecular flexibility index (Phi) is 10.0. The van der Waals surface area contributed by atoms with Crippen LogP contribution in [-0.2, 0) is 9.53 Å². The van der Waals surface area contributed by atoms with Crippen LogP contribution in [0.2, 0.25) is 0 Å². The summed E-state index contributed by atoms with van der Waals surface area (Å²) in [6.07, 6.45) is 7.18. The van der Waals surface area contributed by atoms with Crippen molar-refractivity contribution >= 4 is 5.97 Å². The number of quaternary nitrogens is 1. The molecule has 0 spiro atoms. The van der Waals surface area contributed by atoms with E-state index in [-0.39, 0.29) is 5.97 Å². The third kappa shape index (κ3) is 7.00. The van der Waals surface area contributed by atoms with Crippen LogP contribution in [0, 0.1) is 0 Å². The van der Waals surface area contributed by atoms with Crippen LogP contribution < -0.4 is 0 Å². The van der Waals surface area contributed by atoms with Crippen LogP contribution in [0.1, 0.15) is 59.3 Å². The van der Waals surface area contributed by atoms with Gasteiger partial charge in [0.05, 0.1) is 26.7 Å². The number of ether oxygens (including phenoxy) is 1. The van der Waals surface area contributed by atoms with Gasteiger partial charge in [0.25, 0.3) is 0 Å². The van der Waals surface area contributed by atoms with Crippen molar-refractivity contribution in [1.29, 1.82) is 0 Å². The highest BCUT2D eigenvalue weighted by molar-refractivity contribution is 5.70. The number of esters is 1. The first kappa shape index (κ1) is 17.4. The van der Waals surface area contributed by atoms with Gasteiger partial charge in [-0.1, -0.05) is 40.0 Å². The highest BCUT2D eigenvalue weighted by Crippen LogP contribution is 2.15. The minimum atomic E-state index is -0.0571. The van der Waals surface area contributed by atoms with Crippen molar-refractivity contribution in [3.8, 4) is 0 Å². The van der Waals surface area contributed by atoms with Gasteiger partial charge in [-0.3, -0.25) is 0 Å². The molecule has 0 aromatic carbocycles. The fraction of sp³-hybridized carbons (Fsp3) is 0.933. The van der Waals surface area contributed by atoms with E-state index in [1.165, 1.54) is 45.6 Å². The molecule has 0 radical (unpaired) electrons. The lowest BCUT2D eigenvalue weighted by molar-refractivity contribution is -0.922. The summed E-state index contributed by atoms with van der Waals surface area (Å²) >= 11 is 0. The Bertz CT molecular complexity index is 195. The summed E-state index contributed by atoms with van der Waals surface area (Å²) in [4.78, 5) is 11.7. The fourth-order valence-corrected chi connectivity index (χ4v) is 2.39. The van der Waals surface area contributed by atoms with Crippen molar-refractivity contribution in [3.63, 3.8) is 0 Å². The summed E-state index contributed by atoms with van der Waals surface area (Å²) in [6.45, 7) is 10.5. The van der Waals surface area contributed by atoms with Crippen molar-refractivity contribution < 1.29 is 14.0 Å². The maximum atomic E-state index is 11.7. The van der Waals surface area contributed by atoms with E-state index in [1.807, 2.05) is 0 Å². The lowest BCUT2D eigenvalue weighted by Crippen LogP contribution is -2.53. The van der Waals surface area contributed by atoms with Gasteiger partial charge < -0.3 is 9.22 Å². The van der Waals surface area contributed by atoms with Gasteiger partial charge in [0.15, 0.2) is 6.54 Å². The van der Waals surface area contributed by atoms with Crippen molar-refractivity contribution in [1.82, 2.24) is 0 Å². The maximum Gasteiger partial charge on any atom is 0.361 e. The first-order chi connectivity index (χ1) is 8.64. The van der Waals surface area contributed by atoms with Gasteiger partial charge in [-0.05, 0) is 19.3 Å². The molecule has 0 fully saturated rings. The first-order valence-corrected chi connectivity index (χ1v) is 7.56. The molecule has 18 heavy (non-hydrogen) atoms. The number of nitrogens with zero attached hydrogens (tertiary/aromatic N) is 1. The molecule has 0 saturated heterocycles. The second-order valence-corrected chi connectivity index (χ2v) is 5.31. The predicted octanol–water partition coefficient (Wildman–Crippen LogP) is 3.38. The number of rotatable bonds is 11. The molecule has 0 aromatic rings. The third-order valence-corrected chi connectivity index (χ3v) is 3.65. The molecule has 0 N–H and O–H groups in total. The molecule has 0 atom stereocenters. The lowest BCUT2D eigenvalue weighted by Gasteiger charge is -2.38. The number of carbonyl (C=O) groups is 1. The molecule has 0 saturated carbocycles. The Morgan fingerprint density at radius 1 is 0.889 bits per heavy atom. The molecular formula is C15H32NO2+. The molecule has 0 amide bonds. The fourth-order valence-electron chi connectivity index (χ4n) is 2.39. The summed E-state index contributed by atoms with van der Waals surface area (Å²) in [5.74, 6) is -0.0571. The van der Waals surface area contributed by atoms with Gasteiger partial charge in [0.2, 0.25) is 0 Å². The molecule has 0 rings (SSSR count). The van der Waals surface area contributed by atoms with Gasteiger partial charge in [0.1, 0.15) is 0 Å². The molecule has 3 heteroatoms. The highest BCUT2D eigenvalue weighted by Gasteiger charge is 2.29. The van der Waals surface area contributed by atoms with Crippen molar-refractivity contribution in [2.24, 2.45) is 0 Å². The van der Waals surface area contributed by atoms with Crippen molar-refractivity contribution in [3.05, 3.63) is 0 Å². The van der Waals surface area contributed by atoms with Gasteiger partial charge >= 0.3 is 5.97 Å². The Morgan fingerprint density at radius 3 is 1.56 bits per heavy atom. The Labute approximate surface area is 113 Å². The molecule has 0 bridgehead atoms. The smallest absolute Gasteiger partial charge is 0.361 e. The van der Waals surface area contributed by atoms with Crippen LogP contribution in [-0.4, -0.2) is 43.7 Å². The zero-order valence-corrected chi connectivity index (χ0v) is 12.8. The van der Waals surface area contributed by atoms with Crippen LogP contribution >= 0.6 is 0 Å². The predicted molar refractivity (Wildman–Crippen MR) is 76.5 cm³/mol. The van der Waals surface area contributed by atoms with Crippen LogP contribution in [0.15, 0.2) is 0 Å². The quantitative estimate of drug-likeness (QED) is 0.419. The van der Waals surface area contributed by atoms with E-state index in [2.05, 4.69) is 20.8 Å². The van der Waals surface area contributed by atoms with Crippen LogP contribution in [0.5, 0.6) is 0 Å². The van der Waals surface area contributed by atoms with Crippen LogP contribution in [0.4, 0.5) is 0 Å². The maximum absolute atomic E-state index is 11.7. The zero-order valence-electron chi connectivity index (χ0n) is 12.8. The van der Waals surface area contributed by atoms with Crippen molar-refractivity contribution in [2.75, 3.05) is 33.3 Å². The van der Waals surface area contributed by atoms with Crippen LogP contribution in [0.25, 0.3) is 0 Å². The minimum Gasteiger partial charge on any atom is -0.465 e. The average molecular weight is 258 g/mol. The van der Waals surface area contributed by atoms with E-state index in [9.17, 15) is 4.79 Å². The normalized spacial score (nSPS) is 11.6. The van der Waals surface area contributed by atoms with E-state index in [0.717, 1.165) is 24.1 Å². The summed E-state index contributed by atoms with van der Waals surface area (Å²) in [5.41, 5.74) is 0. The summed E-state index contributed by atoms with van der Waals surface area (Å²) in [6, 6.07) is 0. The van der Waals surface area contributed by atoms with Gasteiger partial charge in [0, 0.05) is 0 Å². The number of carbonyl (C=O) groups excluding carboxylic acids is 1. The lowest BCUT2D eigenvalue weighted by atomic mass is 10.1. The SMILES string of the molecule is CCCC[N+](CCCC)(CCCC)CC(=O)OC. The van der Waals surface area contributed by atoms with E-state index < -0.39 is 0 Å². The Morgan fingerprint density at radius 2 is 1.28 bits per heavy atom. The summed E-state index contributed by atoms with van der Waals surface area (Å²) < 4.78 is 5.82. The Balaban J connectivity index is 4.66. The van der Waals surface area contributed by atoms with Crippen LogP contribution in [0.3, 0.4) is 0 Å². The number of unbranched alkanes of at least 4 members (excludes halogenated alkanes) is 3. The summed E-state index contributed by atoms with van der Waals surface area (Å²) in [7, 11) is 1.50. The molecule has 3 nitrogen and oxygen atoms in total. The molecule has 0 heterocycles. The number of methoxy groups -OCH3 is 1. The monoisotopic (exact) mass is 258 g/mol. The zero-order chi connectivity index (χ0) is 13.9. The molecule has 0 unspecified atom stereocenters. The van der Waals surface area contributed by atoms with Crippen molar-refractivity contribution in [2.45, 2.75) is 59.3 Å². The molecule has 0 aliphatic heterocycles. The summed E-state index contributed by atoms with van der Waals surface area (Å²) in [5, 5.41) is 0. The van der Waals surface area contributed by atoms with Gasteiger partial charge in [-0.15, -0.1) is 0 Å². The average Bonchev–Trinajstić information content (AvgIpc) is 2.40. The van der Waals surface area contributed by atoms with E-state index in [1.54, 1.807) is 0 Å². The third-order valence-electron chi connectivity index (χ3n) is 3.65. The first-order valence-electron chi connectivity index (χ1n) is 7.56. The molecule has 0 aromatic heterocycles. The molecule has 0 aliphatic rings. The molecule has 108 valence electrons. The van der Waals surface area contributed by atoms with Gasteiger partial charge in [-0.25, -0.2) is 4.79 Å². The van der Waals surface area contributed by atoms with E-state index in [0.29, 0.717) is 6.54 Å². The second kappa shape index (κ2) is 10.4. The molecule has 0 aliphatic carbocycles. The van der Waals surface area contributed by atoms with Gasteiger partial charge in [-0.2, -0.15) is 0 Å². The largest absolute Gasteiger partial charge is 0.465 e. The van der Waals surface area contributed by atoms with E-state index >= 15 is 0 Å². The number of hydrogen-bond acceptors (Lipinski definition) is 2. The topological polar surface area (TPSA) is 26.3 Å². The van der Waals surface area contributed by atoms with E-state index in [4.69, 9.17) is 4.74 Å².